The van der Waals surface area contributed by atoms with E-state index in [1.165, 1.54) is 10.6 Å². The van der Waals surface area contributed by atoms with Crippen molar-refractivity contribution in [3.8, 4) is 5.69 Å². The largest absolute Gasteiger partial charge is 0.462 e. The number of fused-ring (bicyclic) bond motifs is 3. The highest BCUT2D eigenvalue weighted by Crippen LogP contribution is 2.22. The number of ether oxygens (including phenoxy) is 1. The van der Waals surface area contributed by atoms with Crippen molar-refractivity contribution in [2.75, 3.05) is 6.61 Å². The number of hydrogen-bond acceptors (Lipinski definition) is 6. The molecule has 4 rings (SSSR count). The van der Waals surface area contributed by atoms with E-state index in [1.807, 2.05) is 0 Å². The number of hydrogen-bond donors (Lipinski definition) is 0. The minimum absolute atomic E-state index is 0.104. The molecular formula is C17H12ClN5O3. The highest BCUT2D eigenvalue weighted by Gasteiger charge is 2.24. The molecule has 0 radical (unpaired) electrons. The van der Waals surface area contributed by atoms with Gasteiger partial charge in [0.15, 0.2) is 5.65 Å². The molecule has 3 aromatic heterocycles. The van der Waals surface area contributed by atoms with Crippen molar-refractivity contribution >= 4 is 34.3 Å². The fourth-order valence-electron chi connectivity index (χ4n) is 2.75. The number of rotatable bonds is 3. The average molecular weight is 370 g/mol. The summed E-state index contributed by atoms with van der Waals surface area (Å²) in [6, 6.07) is 9.97. The topological polar surface area (TPSA) is 91.4 Å². The zero-order valence-corrected chi connectivity index (χ0v) is 14.3. The Bertz CT molecular complexity index is 1200. The molecule has 0 aliphatic carbocycles. The van der Waals surface area contributed by atoms with Crippen LogP contribution in [0.2, 0.25) is 5.02 Å². The Kier molecular flexibility index (Phi) is 3.89. The van der Waals surface area contributed by atoms with Gasteiger partial charge in [-0.25, -0.2) is 14.0 Å². The van der Waals surface area contributed by atoms with Gasteiger partial charge in [-0.15, -0.1) is 5.10 Å². The second-order valence-corrected chi connectivity index (χ2v) is 5.82. The number of aromatic nitrogens is 5. The van der Waals surface area contributed by atoms with E-state index in [2.05, 4.69) is 15.3 Å². The maximum absolute atomic E-state index is 13.0. The summed E-state index contributed by atoms with van der Waals surface area (Å²) >= 11 is 5.89. The van der Waals surface area contributed by atoms with Crippen LogP contribution in [0.3, 0.4) is 0 Å². The van der Waals surface area contributed by atoms with Gasteiger partial charge < -0.3 is 4.74 Å². The van der Waals surface area contributed by atoms with Gasteiger partial charge in [0, 0.05) is 11.2 Å². The van der Waals surface area contributed by atoms with E-state index in [-0.39, 0.29) is 17.8 Å². The predicted octanol–water partition coefficient (Wildman–Crippen LogP) is 2.26. The van der Waals surface area contributed by atoms with Gasteiger partial charge in [-0.1, -0.05) is 16.8 Å². The second-order valence-electron chi connectivity index (χ2n) is 5.39. The molecule has 4 aromatic rings. The lowest BCUT2D eigenvalue weighted by molar-refractivity contribution is 0.0530. The van der Waals surface area contributed by atoms with Gasteiger partial charge in [-0.2, -0.15) is 4.68 Å². The third-order valence-electron chi connectivity index (χ3n) is 3.85. The maximum Gasteiger partial charge on any atom is 0.357 e. The third-order valence-corrected chi connectivity index (χ3v) is 4.10. The van der Waals surface area contributed by atoms with Crippen molar-refractivity contribution < 1.29 is 9.53 Å². The summed E-state index contributed by atoms with van der Waals surface area (Å²) in [4.78, 5) is 29.6. The Morgan fingerprint density at radius 2 is 2.00 bits per heavy atom. The first-order valence-electron chi connectivity index (χ1n) is 7.80. The maximum atomic E-state index is 13.0. The molecule has 26 heavy (non-hydrogen) atoms. The Labute approximate surface area is 151 Å². The predicted molar refractivity (Wildman–Crippen MR) is 94.9 cm³/mol. The second kappa shape index (κ2) is 6.23. The molecule has 0 amide bonds. The van der Waals surface area contributed by atoms with Gasteiger partial charge in [0.05, 0.1) is 17.8 Å². The smallest absolute Gasteiger partial charge is 0.357 e. The van der Waals surface area contributed by atoms with Crippen LogP contribution in [0, 0.1) is 0 Å². The van der Waals surface area contributed by atoms with E-state index in [4.69, 9.17) is 16.3 Å². The van der Waals surface area contributed by atoms with E-state index in [0.717, 1.165) is 4.68 Å². The van der Waals surface area contributed by atoms with Gasteiger partial charge >= 0.3 is 11.7 Å². The molecule has 9 heteroatoms. The number of esters is 1. The van der Waals surface area contributed by atoms with Gasteiger partial charge in [-0.05, 0) is 43.3 Å². The molecule has 0 N–H and O–H groups in total. The lowest BCUT2D eigenvalue weighted by atomic mass is 10.2. The molecule has 0 fully saturated rings. The lowest BCUT2D eigenvalue weighted by Crippen LogP contribution is -2.28. The Hall–Kier alpha value is -3.26. The molecule has 0 aliphatic rings. The number of nitrogens with zero attached hydrogens (tertiary/aromatic N) is 5. The van der Waals surface area contributed by atoms with E-state index >= 15 is 0 Å². The summed E-state index contributed by atoms with van der Waals surface area (Å²) in [5.74, 6) is -0.600. The number of pyridine rings is 1. The first-order valence-corrected chi connectivity index (χ1v) is 8.18. The molecule has 0 atom stereocenters. The van der Waals surface area contributed by atoms with Crippen LogP contribution in [0.1, 0.15) is 17.3 Å². The van der Waals surface area contributed by atoms with E-state index in [0.29, 0.717) is 21.7 Å². The van der Waals surface area contributed by atoms with Gasteiger partial charge in [0.2, 0.25) is 0 Å². The molecule has 8 nitrogen and oxygen atoms in total. The van der Waals surface area contributed by atoms with Crippen molar-refractivity contribution in [1.29, 1.82) is 0 Å². The molecule has 0 saturated heterocycles. The quantitative estimate of drug-likeness (QED) is 0.514. The van der Waals surface area contributed by atoms with Crippen LogP contribution >= 0.6 is 11.6 Å². The molecule has 3 heterocycles. The fraction of sp³-hybridized carbons (Fsp3) is 0.118. The standard InChI is InChI=1S/C17H12ClN5O3/c1-2-26-16(24)13-14-12(4-3-9-19-14)22-15(13)20-21-23(17(22)25)11-7-5-10(18)6-8-11/h3-9H,2H2,1H3. The molecule has 0 bridgehead atoms. The van der Waals surface area contributed by atoms with Crippen LogP contribution < -0.4 is 5.69 Å². The average Bonchev–Trinajstić information content (AvgIpc) is 2.98. The highest BCUT2D eigenvalue weighted by molar-refractivity contribution is 6.30. The summed E-state index contributed by atoms with van der Waals surface area (Å²) in [5, 5.41) is 8.58. The number of carbonyl (C=O) groups is 1. The first-order chi connectivity index (χ1) is 12.6. The van der Waals surface area contributed by atoms with Crippen LogP contribution in [-0.4, -0.2) is 37.0 Å². The SMILES string of the molecule is CCOC(=O)c1c2ncccc2n2c(=O)n(-c3ccc(Cl)cc3)nnc12. The molecule has 0 spiro atoms. The zero-order valence-electron chi connectivity index (χ0n) is 13.6. The summed E-state index contributed by atoms with van der Waals surface area (Å²) in [6.07, 6.45) is 1.54. The molecule has 1 aromatic carbocycles. The van der Waals surface area contributed by atoms with E-state index < -0.39 is 11.7 Å². The Morgan fingerprint density at radius 1 is 1.23 bits per heavy atom. The fourth-order valence-corrected chi connectivity index (χ4v) is 2.87. The Balaban J connectivity index is 2.07. The molecular weight excluding hydrogens is 358 g/mol. The first kappa shape index (κ1) is 16.2. The minimum atomic E-state index is -0.600. The lowest BCUT2D eigenvalue weighted by Gasteiger charge is -2.05. The number of halogens is 1. The van der Waals surface area contributed by atoms with Crippen LogP contribution in [-0.2, 0) is 4.74 Å². The summed E-state index contributed by atoms with van der Waals surface area (Å²) in [7, 11) is 0. The van der Waals surface area contributed by atoms with E-state index in [9.17, 15) is 9.59 Å². The Morgan fingerprint density at radius 3 is 2.73 bits per heavy atom. The normalized spacial score (nSPS) is 11.2. The van der Waals surface area contributed by atoms with Crippen molar-refractivity contribution in [3.05, 3.63) is 63.7 Å². The van der Waals surface area contributed by atoms with Crippen molar-refractivity contribution in [3.63, 3.8) is 0 Å². The van der Waals surface area contributed by atoms with Crippen molar-refractivity contribution in [2.24, 2.45) is 0 Å². The van der Waals surface area contributed by atoms with Crippen LogP contribution in [0.15, 0.2) is 47.4 Å². The summed E-state index contributed by atoms with van der Waals surface area (Å²) in [5.41, 5.74) is 1.03. The van der Waals surface area contributed by atoms with Gasteiger partial charge in [-0.3, -0.25) is 4.98 Å². The van der Waals surface area contributed by atoms with Gasteiger partial charge in [0.25, 0.3) is 0 Å². The molecule has 0 aliphatic heterocycles. The van der Waals surface area contributed by atoms with Crippen LogP contribution in [0.5, 0.6) is 0 Å². The summed E-state index contributed by atoms with van der Waals surface area (Å²) in [6.45, 7) is 1.89. The van der Waals surface area contributed by atoms with Crippen LogP contribution in [0.4, 0.5) is 0 Å². The highest BCUT2D eigenvalue weighted by atomic mass is 35.5. The monoisotopic (exact) mass is 369 g/mol. The minimum Gasteiger partial charge on any atom is -0.462 e. The molecule has 130 valence electrons. The molecule has 0 saturated carbocycles. The number of carbonyl (C=O) groups excluding carboxylic acids is 1. The number of benzene rings is 1. The zero-order chi connectivity index (χ0) is 18.3. The van der Waals surface area contributed by atoms with E-state index in [1.54, 1.807) is 43.3 Å². The third kappa shape index (κ3) is 2.42. The van der Waals surface area contributed by atoms with Gasteiger partial charge in [0.1, 0.15) is 11.1 Å². The van der Waals surface area contributed by atoms with Crippen molar-refractivity contribution in [2.45, 2.75) is 6.92 Å². The molecule has 0 unspecified atom stereocenters. The van der Waals surface area contributed by atoms with Crippen LogP contribution in [0.25, 0.3) is 22.4 Å². The summed E-state index contributed by atoms with van der Waals surface area (Å²) < 4.78 is 7.52. The van der Waals surface area contributed by atoms with Crippen molar-refractivity contribution in [1.82, 2.24) is 24.4 Å².